The van der Waals surface area contributed by atoms with Gasteiger partial charge in [-0.3, -0.25) is 4.90 Å². The topological polar surface area (TPSA) is 72.4 Å². The van der Waals surface area contributed by atoms with Crippen LogP contribution in [0.4, 0.5) is 0 Å². The molecule has 5 nitrogen and oxygen atoms in total. The summed E-state index contributed by atoms with van der Waals surface area (Å²) in [6.45, 7) is 2.80. The number of nitrogens with one attached hydrogen (secondary N) is 1. The van der Waals surface area contributed by atoms with Crippen LogP contribution in [0.1, 0.15) is 18.7 Å². The lowest BCUT2D eigenvalue weighted by molar-refractivity contribution is -0.0372. The summed E-state index contributed by atoms with van der Waals surface area (Å²) in [6, 6.07) is 8.08. The molecule has 0 unspecified atom stereocenters. The highest BCUT2D eigenvalue weighted by molar-refractivity contribution is 5.74. The van der Waals surface area contributed by atoms with Crippen LogP contribution in [0.3, 0.4) is 0 Å². The number of aromatic amines is 1. The maximum Gasteiger partial charge on any atom is 0.121 e. The normalized spacial score (nSPS) is 33.4. The smallest absolute Gasteiger partial charge is 0.121 e. The van der Waals surface area contributed by atoms with Gasteiger partial charge in [0, 0.05) is 13.1 Å². The molecule has 0 radical (unpaired) electrons. The van der Waals surface area contributed by atoms with Crippen LogP contribution in [0.2, 0.25) is 0 Å². The highest BCUT2D eigenvalue weighted by atomic mass is 16.3. The molecule has 0 bridgehead atoms. The van der Waals surface area contributed by atoms with Gasteiger partial charge in [0.15, 0.2) is 0 Å². The van der Waals surface area contributed by atoms with Gasteiger partial charge >= 0.3 is 0 Å². The number of aliphatic hydroxyl groups excluding tert-OH is 2. The molecule has 1 aliphatic carbocycles. The van der Waals surface area contributed by atoms with Gasteiger partial charge in [0.1, 0.15) is 5.82 Å². The first-order valence-corrected chi connectivity index (χ1v) is 7.71. The third-order valence-electron chi connectivity index (χ3n) is 5.00. The van der Waals surface area contributed by atoms with Crippen molar-refractivity contribution in [3.8, 4) is 0 Å². The third kappa shape index (κ3) is 2.46. The zero-order valence-corrected chi connectivity index (χ0v) is 11.9. The van der Waals surface area contributed by atoms with Crippen molar-refractivity contribution >= 4 is 11.0 Å². The van der Waals surface area contributed by atoms with Gasteiger partial charge in [0.2, 0.25) is 0 Å². The summed E-state index contributed by atoms with van der Waals surface area (Å²) in [7, 11) is 0. The average Bonchev–Trinajstić information content (AvgIpc) is 3.02. The number of benzene rings is 1. The van der Waals surface area contributed by atoms with E-state index in [4.69, 9.17) is 0 Å². The Morgan fingerprint density at radius 2 is 1.76 bits per heavy atom. The molecule has 5 heteroatoms. The third-order valence-corrected chi connectivity index (χ3v) is 5.00. The molecular weight excluding hydrogens is 266 g/mol. The summed E-state index contributed by atoms with van der Waals surface area (Å²) in [6.07, 6.45) is 0.361. The fourth-order valence-electron chi connectivity index (χ4n) is 3.93. The Morgan fingerprint density at radius 3 is 2.43 bits per heavy atom. The molecule has 0 amide bonds. The summed E-state index contributed by atoms with van der Waals surface area (Å²) >= 11 is 0. The monoisotopic (exact) mass is 287 g/mol. The van der Waals surface area contributed by atoms with Crippen molar-refractivity contribution in [2.24, 2.45) is 11.8 Å². The second-order valence-corrected chi connectivity index (χ2v) is 6.52. The van der Waals surface area contributed by atoms with Crippen molar-refractivity contribution in [2.75, 3.05) is 13.1 Å². The van der Waals surface area contributed by atoms with Gasteiger partial charge in [-0.15, -0.1) is 0 Å². The van der Waals surface area contributed by atoms with Gasteiger partial charge in [0.05, 0.1) is 29.8 Å². The lowest BCUT2D eigenvalue weighted by atomic mass is 9.79. The van der Waals surface area contributed by atoms with Crippen LogP contribution in [0.15, 0.2) is 24.3 Å². The molecule has 1 aromatic heterocycles. The first-order chi connectivity index (χ1) is 10.2. The van der Waals surface area contributed by atoms with Crippen LogP contribution in [-0.2, 0) is 6.54 Å². The van der Waals surface area contributed by atoms with Crippen molar-refractivity contribution in [1.82, 2.24) is 14.9 Å². The molecule has 4 atom stereocenters. The molecule has 1 aromatic carbocycles. The van der Waals surface area contributed by atoms with E-state index < -0.39 is 12.2 Å². The molecule has 1 aliphatic heterocycles. The Balaban J connectivity index is 1.46. The number of H-pyrrole nitrogens is 1. The standard InChI is InChI=1S/C16H21N3O2/c20-14-5-10-7-19(8-11(10)6-15(14)21)9-16-17-12-3-1-2-4-13(12)18-16/h1-4,10-11,14-15,20-21H,5-9H2,(H,17,18)/t10-,11+,14-,15-/m0/s1. The van der Waals surface area contributed by atoms with Crippen molar-refractivity contribution in [3.63, 3.8) is 0 Å². The highest BCUT2D eigenvalue weighted by Gasteiger charge is 2.41. The van der Waals surface area contributed by atoms with Crippen LogP contribution in [0, 0.1) is 11.8 Å². The van der Waals surface area contributed by atoms with E-state index >= 15 is 0 Å². The molecule has 112 valence electrons. The molecule has 3 N–H and O–H groups in total. The van der Waals surface area contributed by atoms with E-state index in [1.807, 2.05) is 24.3 Å². The van der Waals surface area contributed by atoms with Gasteiger partial charge in [0.25, 0.3) is 0 Å². The Bertz CT molecular complexity index is 590. The van der Waals surface area contributed by atoms with Crippen molar-refractivity contribution < 1.29 is 10.2 Å². The number of imidazole rings is 1. The number of aromatic nitrogens is 2. The minimum atomic E-state index is -0.544. The summed E-state index contributed by atoms with van der Waals surface area (Å²) in [5.41, 5.74) is 2.09. The molecular formula is C16H21N3O2. The minimum absolute atomic E-state index is 0.507. The van der Waals surface area contributed by atoms with E-state index in [0.717, 1.165) is 49.3 Å². The van der Waals surface area contributed by atoms with Crippen LogP contribution in [0.25, 0.3) is 11.0 Å². The molecule has 0 spiro atoms. The number of rotatable bonds is 2. The zero-order chi connectivity index (χ0) is 14.4. The van der Waals surface area contributed by atoms with E-state index in [0.29, 0.717) is 11.8 Å². The van der Waals surface area contributed by atoms with Gasteiger partial charge in [-0.1, -0.05) is 12.1 Å². The van der Waals surface area contributed by atoms with Gasteiger partial charge < -0.3 is 15.2 Å². The molecule has 2 aliphatic rings. The average molecular weight is 287 g/mol. The van der Waals surface area contributed by atoms with Crippen LogP contribution in [-0.4, -0.2) is 50.4 Å². The quantitative estimate of drug-likeness (QED) is 0.774. The number of nitrogens with zero attached hydrogens (tertiary/aromatic N) is 2. The lowest BCUT2D eigenvalue weighted by Crippen LogP contribution is -2.38. The Kier molecular flexibility index (Phi) is 3.21. The van der Waals surface area contributed by atoms with E-state index in [1.165, 1.54) is 0 Å². The van der Waals surface area contributed by atoms with E-state index in [2.05, 4.69) is 14.9 Å². The van der Waals surface area contributed by atoms with E-state index in [-0.39, 0.29) is 0 Å². The Hall–Kier alpha value is -1.43. The highest BCUT2D eigenvalue weighted by Crippen LogP contribution is 2.36. The fourth-order valence-corrected chi connectivity index (χ4v) is 3.93. The van der Waals surface area contributed by atoms with Gasteiger partial charge in [-0.25, -0.2) is 4.98 Å². The summed E-state index contributed by atoms with van der Waals surface area (Å²) in [4.78, 5) is 10.4. The number of fused-ring (bicyclic) bond motifs is 2. The SMILES string of the molecule is O[C@H]1C[C@@H]2CN(Cc3nc4ccccc4[nH]3)C[C@@H]2C[C@@H]1O. The number of hydrogen-bond acceptors (Lipinski definition) is 4. The summed E-state index contributed by atoms with van der Waals surface area (Å²) in [5.74, 6) is 2.01. The zero-order valence-electron chi connectivity index (χ0n) is 11.9. The predicted molar refractivity (Wildman–Crippen MR) is 79.6 cm³/mol. The summed E-state index contributed by atoms with van der Waals surface area (Å²) in [5, 5.41) is 19.6. The van der Waals surface area contributed by atoms with Crippen LogP contribution < -0.4 is 0 Å². The molecule has 2 aromatic rings. The van der Waals surface area contributed by atoms with E-state index in [9.17, 15) is 10.2 Å². The minimum Gasteiger partial charge on any atom is -0.390 e. The maximum absolute atomic E-state index is 9.81. The van der Waals surface area contributed by atoms with Crippen molar-refractivity contribution in [3.05, 3.63) is 30.1 Å². The molecule has 4 rings (SSSR count). The number of likely N-dealkylation sites (tertiary alicyclic amines) is 1. The molecule has 1 saturated carbocycles. The first kappa shape index (κ1) is 13.2. The largest absolute Gasteiger partial charge is 0.390 e. The fraction of sp³-hybridized carbons (Fsp3) is 0.562. The van der Waals surface area contributed by atoms with E-state index in [1.54, 1.807) is 0 Å². The number of aliphatic hydroxyl groups is 2. The molecule has 2 fully saturated rings. The van der Waals surface area contributed by atoms with Crippen LogP contribution >= 0.6 is 0 Å². The number of hydrogen-bond donors (Lipinski definition) is 3. The number of para-hydroxylation sites is 2. The second kappa shape index (κ2) is 5.09. The Labute approximate surface area is 123 Å². The van der Waals surface area contributed by atoms with Gasteiger partial charge in [-0.2, -0.15) is 0 Å². The van der Waals surface area contributed by atoms with Crippen LogP contribution in [0.5, 0.6) is 0 Å². The molecule has 2 heterocycles. The second-order valence-electron chi connectivity index (χ2n) is 6.52. The first-order valence-electron chi connectivity index (χ1n) is 7.71. The molecule has 21 heavy (non-hydrogen) atoms. The Morgan fingerprint density at radius 1 is 1.10 bits per heavy atom. The van der Waals surface area contributed by atoms with Crippen molar-refractivity contribution in [1.29, 1.82) is 0 Å². The van der Waals surface area contributed by atoms with Gasteiger partial charge in [-0.05, 0) is 36.8 Å². The van der Waals surface area contributed by atoms with Crippen molar-refractivity contribution in [2.45, 2.75) is 31.6 Å². The predicted octanol–water partition coefficient (Wildman–Crippen LogP) is 1.13. The summed E-state index contributed by atoms with van der Waals surface area (Å²) < 4.78 is 0. The lowest BCUT2D eigenvalue weighted by Gasteiger charge is -2.32. The maximum atomic E-state index is 9.81. The molecule has 1 saturated heterocycles.